The second-order valence-corrected chi connectivity index (χ2v) is 3.17. The molecule has 1 unspecified atom stereocenters. The van der Waals surface area contributed by atoms with Crippen molar-refractivity contribution in [3.63, 3.8) is 0 Å². The summed E-state index contributed by atoms with van der Waals surface area (Å²) < 4.78 is 4.90. The van der Waals surface area contributed by atoms with Crippen molar-refractivity contribution >= 4 is 5.91 Å². The van der Waals surface area contributed by atoms with E-state index in [2.05, 4.69) is 5.32 Å². The molecule has 4 nitrogen and oxygen atoms in total. The lowest BCUT2D eigenvalue weighted by Crippen LogP contribution is -2.43. The van der Waals surface area contributed by atoms with Crippen molar-refractivity contribution in [1.29, 1.82) is 0 Å². The van der Waals surface area contributed by atoms with Crippen LogP contribution in [0.5, 0.6) is 0 Å². The van der Waals surface area contributed by atoms with Crippen LogP contribution in [0, 0.1) is 5.92 Å². The summed E-state index contributed by atoms with van der Waals surface area (Å²) in [5.41, 5.74) is 5.43. The molecule has 0 radical (unpaired) electrons. The Morgan fingerprint density at radius 2 is 2.42 bits per heavy atom. The van der Waals surface area contributed by atoms with Crippen molar-refractivity contribution in [3.05, 3.63) is 0 Å². The summed E-state index contributed by atoms with van der Waals surface area (Å²) in [7, 11) is 1.60. The van der Waals surface area contributed by atoms with Gasteiger partial charge >= 0.3 is 0 Å². The highest BCUT2D eigenvalue weighted by Crippen LogP contribution is 2.28. The summed E-state index contributed by atoms with van der Waals surface area (Å²) in [5.74, 6) is 0.374. The van der Waals surface area contributed by atoms with Crippen LogP contribution < -0.4 is 11.1 Å². The van der Waals surface area contributed by atoms with Crippen molar-refractivity contribution in [2.24, 2.45) is 11.7 Å². The molecule has 0 bridgehead atoms. The number of rotatable bonds is 5. The molecule has 0 aromatic rings. The van der Waals surface area contributed by atoms with E-state index >= 15 is 0 Å². The fourth-order valence-electron chi connectivity index (χ4n) is 1.03. The summed E-state index contributed by atoms with van der Waals surface area (Å²) in [6.07, 6.45) is 2.05. The van der Waals surface area contributed by atoms with Crippen LogP contribution in [0.2, 0.25) is 0 Å². The molecule has 0 heterocycles. The van der Waals surface area contributed by atoms with Crippen LogP contribution >= 0.6 is 0 Å². The van der Waals surface area contributed by atoms with E-state index in [1.54, 1.807) is 7.11 Å². The van der Waals surface area contributed by atoms with Gasteiger partial charge in [0, 0.05) is 19.6 Å². The van der Waals surface area contributed by atoms with Gasteiger partial charge in [-0.25, -0.2) is 0 Å². The molecule has 12 heavy (non-hydrogen) atoms. The second-order valence-electron chi connectivity index (χ2n) is 3.17. The third kappa shape index (κ3) is 2.79. The monoisotopic (exact) mass is 172 g/mol. The smallest absolute Gasteiger partial charge is 0.223 e. The molecule has 0 aliphatic heterocycles. The van der Waals surface area contributed by atoms with Crippen molar-refractivity contribution in [1.82, 2.24) is 5.32 Å². The largest absolute Gasteiger partial charge is 0.383 e. The Morgan fingerprint density at radius 3 is 2.83 bits per heavy atom. The van der Waals surface area contributed by atoms with E-state index in [1.807, 2.05) is 0 Å². The van der Waals surface area contributed by atoms with E-state index in [-0.39, 0.29) is 17.9 Å². The van der Waals surface area contributed by atoms with Crippen molar-refractivity contribution < 1.29 is 9.53 Å². The highest BCUT2D eigenvalue weighted by atomic mass is 16.5. The van der Waals surface area contributed by atoms with Crippen LogP contribution in [0.3, 0.4) is 0 Å². The Labute approximate surface area is 72.5 Å². The SMILES string of the molecule is COCC(CN)NC(=O)C1CC1. The Hall–Kier alpha value is -0.610. The maximum Gasteiger partial charge on any atom is 0.223 e. The molecule has 0 aromatic carbocycles. The predicted molar refractivity (Wildman–Crippen MR) is 45.6 cm³/mol. The molecular weight excluding hydrogens is 156 g/mol. The zero-order chi connectivity index (χ0) is 8.97. The fourth-order valence-corrected chi connectivity index (χ4v) is 1.03. The van der Waals surface area contributed by atoms with Crippen LogP contribution in [0.15, 0.2) is 0 Å². The highest BCUT2D eigenvalue weighted by molar-refractivity contribution is 5.81. The van der Waals surface area contributed by atoms with Gasteiger partial charge in [0.15, 0.2) is 0 Å². The predicted octanol–water partition coefficient (Wildman–Crippen LogP) is -0.514. The number of carbonyl (C=O) groups is 1. The zero-order valence-corrected chi connectivity index (χ0v) is 7.38. The quantitative estimate of drug-likeness (QED) is 0.587. The summed E-state index contributed by atoms with van der Waals surface area (Å²) in [5, 5.41) is 2.84. The third-order valence-corrected chi connectivity index (χ3v) is 1.95. The molecule has 1 rings (SSSR count). The van der Waals surface area contributed by atoms with Gasteiger partial charge in [0.1, 0.15) is 0 Å². The zero-order valence-electron chi connectivity index (χ0n) is 7.38. The van der Waals surface area contributed by atoms with E-state index in [1.165, 1.54) is 0 Å². The summed E-state index contributed by atoms with van der Waals surface area (Å²) in [6.45, 7) is 0.932. The van der Waals surface area contributed by atoms with Gasteiger partial charge in [0.2, 0.25) is 5.91 Å². The number of hydrogen-bond donors (Lipinski definition) is 2. The summed E-state index contributed by atoms with van der Waals surface area (Å²) >= 11 is 0. The molecule has 1 saturated carbocycles. The maximum atomic E-state index is 11.2. The van der Waals surface area contributed by atoms with Gasteiger partial charge < -0.3 is 15.8 Å². The average Bonchev–Trinajstić information content (AvgIpc) is 2.85. The van der Waals surface area contributed by atoms with Crippen LogP contribution in [0.4, 0.5) is 0 Å². The van der Waals surface area contributed by atoms with Gasteiger partial charge in [-0.3, -0.25) is 4.79 Å². The van der Waals surface area contributed by atoms with E-state index in [0.29, 0.717) is 13.2 Å². The Bertz CT molecular complexity index is 157. The Morgan fingerprint density at radius 1 is 1.75 bits per heavy atom. The van der Waals surface area contributed by atoms with Crippen LogP contribution in [0.1, 0.15) is 12.8 Å². The van der Waals surface area contributed by atoms with E-state index < -0.39 is 0 Å². The first kappa shape index (κ1) is 9.48. The number of amides is 1. The molecule has 1 aliphatic carbocycles. The van der Waals surface area contributed by atoms with Crippen LogP contribution in [-0.4, -0.2) is 32.2 Å². The summed E-state index contributed by atoms with van der Waals surface area (Å²) in [4.78, 5) is 11.2. The molecule has 4 heteroatoms. The minimum atomic E-state index is -0.0249. The molecule has 1 fully saturated rings. The minimum Gasteiger partial charge on any atom is -0.383 e. The number of methoxy groups -OCH3 is 1. The number of ether oxygens (including phenoxy) is 1. The number of nitrogens with one attached hydrogen (secondary N) is 1. The lowest BCUT2D eigenvalue weighted by atomic mass is 10.3. The first-order chi connectivity index (χ1) is 5.77. The van der Waals surface area contributed by atoms with Gasteiger partial charge in [-0.05, 0) is 12.8 Å². The minimum absolute atomic E-state index is 0.0249. The second kappa shape index (κ2) is 4.42. The lowest BCUT2D eigenvalue weighted by Gasteiger charge is -2.15. The first-order valence-corrected chi connectivity index (χ1v) is 4.27. The van der Waals surface area contributed by atoms with Crippen molar-refractivity contribution in [2.45, 2.75) is 18.9 Å². The van der Waals surface area contributed by atoms with Crippen LogP contribution in [0.25, 0.3) is 0 Å². The molecule has 1 atom stereocenters. The average molecular weight is 172 g/mol. The Kier molecular flexibility index (Phi) is 3.49. The fraction of sp³-hybridized carbons (Fsp3) is 0.875. The molecular formula is C8H16N2O2. The molecule has 70 valence electrons. The maximum absolute atomic E-state index is 11.2. The van der Waals surface area contributed by atoms with Gasteiger partial charge in [-0.2, -0.15) is 0 Å². The molecule has 1 amide bonds. The van der Waals surface area contributed by atoms with Gasteiger partial charge in [0.05, 0.1) is 12.6 Å². The highest BCUT2D eigenvalue weighted by Gasteiger charge is 2.30. The van der Waals surface area contributed by atoms with E-state index in [9.17, 15) is 4.79 Å². The molecule has 1 aliphatic rings. The lowest BCUT2D eigenvalue weighted by molar-refractivity contribution is -0.123. The summed E-state index contributed by atoms with van der Waals surface area (Å²) in [6, 6.07) is -0.0249. The Balaban J connectivity index is 2.20. The number of hydrogen-bond acceptors (Lipinski definition) is 3. The first-order valence-electron chi connectivity index (χ1n) is 4.27. The van der Waals surface area contributed by atoms with Gasteiger partial charge in [-0.15, -0.1) is 0 Å². The standard InChI is InChI=1S/C8H16N2O2/c1-12-5-7(4-9)10-8(11)6-2-3-6/h6-7H,2-5,9H2,1H3,(H,10,11). The molecule has 3 N–H and O–H groups in total. The molecule has 0 aromatic heterocycles. The topological polar surface area (TPSA) is 64.3 Å². The van der Waals surface area contributed by atoms with E-state index in [4.69, 9.17) is 10.5 Å². The van der Waals surface area contributed by atoms with Gasteiger partial charge in [0.25, 0.3) is 0 Å². The van der Waals surface area contributed by atoms with E-state index in [0.717, 1.165) is 12.8 Å². The van der Waals surface area contributed by atoms with Crippen molar-refractivity contribution in [2.75, 3.05) is 20.3 Å². The van der Waals surface area contributed by atoms with Gasteiger partial charge in [-0.1, -0.05) is 0 Å². The molecule has 0 spiro atoms. The van der Waals surface area contributed by atoms with Crippen molar-refractivity contribution in [3.8, 4) is 0 Å². The number of nitrogens with two attached hydrogens (primary N) is 1. The molecule has 0 saturated heterocycles. The van der Waals surface area contributed by atoms with Crippen LogP contribution in [-0.2, 0) is 9.53 Å². The normalized spacial score (nSPS) is 18.8. The number of carbonyl (C=O) groups excluding carboxylic acids is 1. The third-order valence-electron chi connectivity index (χ3n) is 1.95.